The number of carbonyl (C=O) groups excluding carboxylic acids is 1. The van der Waals surface area contributed by atoms with Crippen LogP contribution in [0.5, 0.6) is 0 Å². The van der Waals surface area contributed by atoms with Gasteiger partial charge in [0.1, 0.15) is 12.2 Å². The van der Waals surface area contributed by atoms with E-state index >= 15 is 0 Å². The van der Waals surface area contributed by atoms with Gasteiger partial charge in [-0.3, -0.25) is 0 Å². The highest BCUT2D eigenvalue weighted by Gasteiger charge is 2.17. The van der Waals surface area contributed by atoms with Gasteiger partial charge in [-0.25, -0.2) is 18.0 Å². The number of aryl methyl sites for hydroxylation is 2. The summed E-state index contributed by atoms with van der Waals surface area (Å²) in [5.41, 5.74) is 3.08. The van der Waals surface area contributed by atoms with Crippen molar-refractivity contribution in [2.75, 3.05) is 6.26 Å². The predicted octanol–water partition coefficient (Wildman–Crippen LogP) is 3.04. The summed E-state index contributed by atoms with van der Waals surface area (Å²) >= 11 is 0. The second-order valence-electron chi connectivity index (χ2n) is 6.94. The van der Waals surface area contributed by atoms with Gasteiger partial charge in [-0.05, 0) is 60.7 Å². The van der Waals surface area contributed by atoms with Gasteiger partial charge in [0, 0.05) is 23.3 Å². The Kier molecular flexibility index (Phi) is 4.55. The molecule has 1 aromatic heterocycles. The molecule has 0 amide bonds. The van der Waals surface area contributed by atoms with Crippen LogP contribution in [0.2, 0.25) is 0 Å². The van der Waals surface area contributed by atoms with Crippen molar-refractivity contribution in [1.82, 2.24) is 0 Å². The van der Waals surface area contributed by atoms with Gasteiger partial charge in [0.05, 0.1) is 10.5 Å². The smallest absolute Gasteiger partial charge is 0.338 e. The first-order valence-corrected chi connectivity index (χ1v) is 10.8. The summed E-state index contributed by atoms with van der Waals surface area (Å²) < 4.78 is 34.0. The number of ether oxygens (including phenoxy) is 1. The van der Waals surface area contributed by atoms with Crippen LogP contribution in [0.1, 0.15) is 33.5 Å². The number of esters is 1. The molecule has 144 valence electrons. The van der Waals surface area contributed by atoms with Crippen LogP contribution in [0.4, 0.5) is 0 Å². The lowest BCUT2D eigenvalue weighted by atomic mass is 10.0. The van der Waals surface area contributed by atoms with E-state index in [1.54, 1.807) is 0 Å². The minimum Gasteiger partial charge on any atom is -0.457 e. The molecule has 3 aromatic rings. The highest BCUT2D eigenvalue weighted by Crippen LogP contribution is 2.29. The molecule has 0 spiro atoms. The summed E-state index contributed by atoms with van der Waals surface area (Å²) in [4.78, 5) is 24.3. The molecule has 28 heavy (non-hydrogen) atoms. The molecule has 4 rings (SSSR count). The number of benzene rings is 2. The molecule has 1 heterocycles. The van der Waals surface area contributed by atoms with Crippen molar-refractivity contribution in [2.45, 2.75) is 30.8 Å². The fourth-order valence-electron chi connectivity index (χ4n) is 3.49. The van der Waals surface area contributed by atoms with Crippen LogP contribution >= 0.6 is 0 Å². The molecular formula is C21H18O6S. The average molecular weight is 398 g/mol. The lowest BCUT2D eigenvalue weighted by Crippen LogP contribution is -2.09. The number of carbonyl (C=O) groups is 1. The van der Waals surface area contributed by atoms with Crippen LogP contribution in [0.25, 0.3) is 11.0 Å². The van der Waals surface area contributed by atoms with Crippen molar-refractivity contribution >= 4 is 26.8 Å². The van der Waals surface area contributed by atoms with E-state index < -0.39 is 21.4 Å². The average Bonchev–Trinajstić information content (AvgIpc) is 3.11. The Labute approximate surface area is 161 Å². The lowest BCUT2D eigenvalue weighted by molar-refractivity contribution is 0.0473. The molecule has 2 aromatic carbocycles. The summed E-state index contributed by atoms with van der Waals surface area (Å²) in [5.74, 6) is -0.659. The Bertz CT molecular complexity index is 1250. The standard InChI is InChI=1S/C21H18O6S/c1-28(24,25)17-7-3-6-15(8-17)21(23)26-12-16-11-20(22)27-19-10-14-5-2-4-13(14)9-18(16)19/h3,6-11H,2,4-5,12H2,1H3. The topological polar surface area (TPSA) is 90.6 Å². The molecule has 7 heteroatoms. The number of hydrogen-bond donors (Lipinski definition) is 0. The Morgan fingerprint density at radius 2 is 1.86 bits per heavy atom. The fourth-order valence-corrected chi connectivity index (χ4v) is 4.16. The van der Waals surface area contributed by atoms with Gasteiger partial charge in [0.2, 0.25) is 0 Å². The van der Waals surface area contributed by atoms with E-state index in [-0.39, 0.29) is 17.1 Å². The van der Waals surface area contributed by atoms with Crippen LogP contribution in [0, 0.1) is 0 Å². The zero-order valence-electron chi connectivity index (χ0n) is 15.2. The lowest BCUT2D eigenvalue weighted by Gasteiger charge is -2.09. The van der Waals surface area contributed by atoms with Crippen LogP contribution in [0.3, 0.4) is 0 Å². The highest BCUT2D eigenvalue weighted by molar-refractivity contribution is 7.90. The number of rotatable bonds is 4. The quantitative estimate of drug-likeness (QED) is 0.496. The SMILES string of the molecule is CS(=O)(=O)c1cccc(C(=O)OCc2cc(=O)oc3cc4c(cc23)CCC4)c1. The molecule has 0 radical (unpaired) electrons. The van der Waals surface area contributed by atoms with Gasteiger partial charge in [0.15, 0.2) is 9.84 Å². The molecule has 1 aliphatic rings. The maximum atomic E-state index is 12.4. The van der Waals surface area contributed by atoms with Crippen LogP contribution in [0.15, 0.2) is 56.6 Å². The summed E-state index contributed by atoms with van der Waals surface area (Å²) in [7, 11) is -3.43. The van der Waals surface area contributed by atoms with Gasteiger partial charge >= 0.3 is 11.6 Å². The Morgan fingerprint density at radius 1 is 1.11 bits per heavy atom. The van der Waals surface area contributed by atoms with Crippen molar-refractivity contribution in [3.63, 3.8) is 0 Å². The molecule has 0 aliphatic heterocycles. The first-order chi connectivity index (χ1) is 13.3. The van der Waals surface area contributed by atoms with E-state index in [0.29, 0.717) is 11.1 Å². The molecule has 0 N–H and O–H groups in total. The molecule has 1 aliphatic carbocycles. The van der Waals surface area contributed by atoms with Gasteiger partial charge in [-0.15, -0.1) is 0 Å². The third-order valence-corrected chi connectivity index (χ3v) is 6.01. The molecule has 0 unspecified atom stereocenters. The van der Waals surface area contributed by atoms with Crippen molar-refractivity contribution in [3.8, 4) is 0 Å². The van der Waals surface area contributed by atoms with Crippen molar-refractivity contribution in [2.24, 2.45) is 0 Å². The summed E-state index contributed by atoms with van der Waals surface area (Å²) in [6.07, 6.45) is 4.08. The Morgan fingerprint density at radius 3 is 2.61 bits per heavy atom. The van der Waals surface area contributed by atoms with E-state index in [4.69, 9.17) is 9.15 Å². The summed E-state index contributed by atoms with van der Waals surface area (Å²) in [6.45, 7) is -0.108. The zero-order chi connectivity index (χ0) is 19.9. The number of fused-ring (bicyclic) bond motifs is 2. The van der Waals surface area contributed by atoms with Gasteiger partial charge in [-0.1, -0.05) is 6.07 Å². The molecule has 0 fully saturated rings. The summed E-state index contributed by atoms with van der Waals surface area (Å²) in [5, 5.41) is 0.748. The van der Waals surface area contributed by atoms with Crippen LogP contribution < -0.4 is 5.63 Å². The van der Waals surface area contributed by atoms with Crippen LogP contribution in [-0.2, 0) is 34.0 Å². The predicted molar refractivity (Wildman–Crippen MR) is 103 cm³/mol. The first kappa shape index (κ1) is 18.4. The van der Waals surface area contributed by atoms with Gasteiger partial charge in [-0.2, -0.15) is 0 Å². The van der Waals surface area contributed by atoms with E-state index in [9.17, 15) is 18.0 Å². The molecule has 0 saturated heterocycles. The molecule has 0 atom stereocenters. The maximum Gasteiger partial charge on any atom is 0.338 e. The number of sulfone groups is 1. The largest absolute Gasteiger partial charge is 0.457 e. The van der Waals surface area contributed by atoms with E-state index in [1.165, 1.54) is 41.5 Å². The van der Waals surface area contributed by atoms with Crippen molar-refractivity contribution in [3.05, 3.63) is 75.1 Å². The van der Waals surface area contributed by atoms with Crippen molar-refractivity contribution < 1.29 is 22.4 Å². The first-order valence-electron chi connectivity index (χ1n) is 8.87. The second kappa shape index (κ2) is 6.91. The number of hydrogen-bond acceptors (Lipinski definition) is 6. The second-order valence-corrected chi connectivity index (χ2v) is 8.95. The third-order valence-electron chi connectivity index (χ3n) is 4.90. The Balaban J connectivity index is 1.62. The van der Waals surface area contributed by atoms with Crippen LogP contribution in [-0.4, -0.2) is 20.6 Å². The van der Waals surface area contributed by atoms with Gasteiger partial charge in [0.25, 0.3) is 0 Å². The van der Waals surface area contributed by atoms with Crippen molar-refractivity contribution in [1.29, 1.82) is 0 Å². The van der Waals surface area contributed by atoms with Gasteiger partial charge < -0.3 is 9.15 Å². The maximum absolute atomic E-state index is 12.4. The Hall–Kier alpha value is -2.93. The summed E-state index contributed by atoms with van der Waals surface area (Å²) in [6, 6.07) is 10.9. The normalized spacial score (nSPS) is 13.5. The molecule has 0 bridgehead atoms. The van der Waals surface area contributed by atoms with E-state index in [0.717, 1.165) is 30.9 Å². The van der Waals surface area contributed by atoms with E-state index in [2.05, 4.69) is 0 Å². The monoisotopic (exact) mass is 398 g/mol. The fraction of sp³-hybridized carbons (Fsp3) is 0.238. The third kappa shape index (κ3) is 3.57. The minimum absolute atomic E-state index is 0.0447. The molecule has 0 saturated carbocycles. The van der Waals surface area contributed by atoms with E-state index in [1.807, 2.05) is 12.1 Å². The molecular weight excluding hydrogens is 380 g/mol. The highest BCUT2D eigenvalue weighted by atomic mass is 32.2. The minimum atomic E-state index is -3.43. The zero-order valence-corrected chi connectivity index (χ0v) is 16.0. The molecule has 6 nitrogen and oxygen atoms in total.